The van der Waals surface area contributed by atoms with Crippen molar-refractivity contribution in [3.63, 3.8) is 0 Å². The molecule has 25 heavy (non-hydrogen) atoms. The SMILES string of the molecule is C=C1CCC[C@@]2(C)C[C@@H]3OC(=O)[C@@H](C[NH+]4CC[NH+](CC)CC4)[C@H]3C[C@@H]12. The van der Waals surface area contributed by atoms with E-state index in [4.69, 9.17) is 4.74 Å². The fraction of sp³-hybridized carbons (Fsp3) is 0.857. The Hall–Kier alpha value is -0.870. The molecule has 2 aliphatic heterocycles. The number of nitrogens with one attached hydrogen (secondary N) is 2. The van der Waals surface area contributed by atoms with E-state index in [0.29, 0.717) is 17.3 Å². The lowest BCUT2D eigenvalue weighted by Crippen LogP contribution is -3.28. The molecule has 4 rings (SSSR count). The first kappa shape index (κ1) is 17.5. The van der Waals surface area contributed by atoms with Crippen LogP contribution in [0.2, 0.25) is 0 Å². The van der Waals surface area contributed by atoms with E-state index in [1.165, 1.54) is 57.6 Å². The van der Waals surface area contributed by atoms with E-state index in [2.05, 4.69) is 20.4 Å². The summed E-state index contributed by atoms with van der Waals surface area (Å²) in [5.74, 6) is 1.27. The molecule has 0 aromatic heterocycles. The van der Waals surface area contributed by atoms with E-state index >= 15 is 0 Å². The number of hydrogen-bond acceptors (Lipinski definition) is 2. The molecule has 2 aliphatic carbocycles. The van der Waals surface area contributed by atoms with E-state index in [1.807, 2.05) is 0 Å². The van der Waals surface area contributed by atoms with Crippen LogP contribution in [-0.2, 0) is 9.53 Å². The van der Waals surface area contributed by atoms with Gasteiger partial charge in [0.15, 0.2) is 0 Å². The van der Waals surface area contributed by atoms with Gasteiger partial charge in [-0.25, -0.2) is 0 Å². The molecule has 2 saturated heterocycles. The van der Waals surface area contributed by atoms with E-state index < -0.39 is 0 Å². The molecule has 2 heterocycles. The monoisotopic (exact) mass is 348 g/mol. The number of hydrogen-bond donors (Lipinski definition) is 2. The highest BCUT2D eigenvalue weighted by Crippen LogP contribution is 2.56. The molecule has 0 amide bonds. The van der Waals surface area contributed by atoms with Crippen molar-refractivity contribution in [2.45, 2.75) is 52.1 Å². The zero-order chi connectivity index (χ0) is 17.6. The minimum Gasteiger partial charge on any atom is -0.462 e. The Labute approximate surface area is 152 Å². The molecule has 2 N–H and O–H groups in total. The molecule has 0 radical (unpaired) electrons. The van der Waals surface area contributed by atoms with E-state index in [0.717, 1.165) is 19.4 Å². The van der Waals surface area contributed by atoms with Gasteiger partial charge in [0.2, 0.25) is 0 Å². The highest BCUT2D eigenvalue weighted by atomic mass is 16.6. The fourth-order valence-electron chi connectivity index (χ4n) is 6.32. The van der Waals surface area contributed by atoms with Crippen molar-refractivity contribution in [2.75, 3.05) is 39.3 Å². The second-order valence-corrected chi connectivity index (χ2v) is 9.46. The van der Waals surface area contributed by atoms with Gasteiger partial charge in [-0.3, -0.25) is 4.79 Å². The maximum atomic E-state index is 12.7. The number of esters is 1. The van der Waals surface area contributed by atoms with Crippen LogP contribution in [0.5, 0.6) is 0 Å². The highest BCUT2D eigenvalue weighted by Gasteiger charge is 2.56. The molecule has 0 bridgehead atoms. The minimum absolute atomic E-state index is 0.0978. The summed E-state index contributed by atoms with van der Waals surface area (Å²) >= 11 is 0. The second-order valence-electron chi connectivity index (χ2n) is 9.46. The van der Waals surface area contributed by atoms with Crippen LogP contribution in [0.3, 0.4) is 0 Å². The van der Waals surface area contributed by atoms with Gasteiger partial charge in [0.1, 0.15) is 38.2 Å². The van der Waals surface area contributed by atoms with Crippen LogP contribution in [0.4, 0.5) is 0 Å². The fourth-order valence-corrected chi connectivity index (χ4v) is 6.32. The minimum atomic E-state index is 0.0978. The number of likely N-dealkylation sites (N-methyl/N-ethyl adjacent to an activating group) is 1. The van der Waals surface area contributed by atoms with Crippen molar-refractivity contribution in [1.82, 2.24) is 0 Å². The molecular formula is C21H36N2O2+2. The molecule has 0 unspecified atom stereocenters. The van der Waals surface area contributed by atoms with E-state index in [-0.39, 0.29) is 18.0 Å². The summed E-state index contributed by atoms with van der Waals surface area (Å²) in [7, 11) is 0. The normalized spacial score (nSPS) is 47.1. The van der Waals surface area contributed by atoms with Crippen LogP contribution in [0.25, 0.3) is 0 Å². The summed E-state index contributed by atoms with van der Waals surface area (Å²) in [5.41, 5.74) is 1.76. The van der Waals surface area contributed by atoms with Crippen LogP contribution >= 0.6 is 0 Å². The topological polar surface area (TPSA) is 35.2 Å². The van der Waals surface area contributed by atoms with E-state index in [1.54, 1.807) is 9.80 Å². The number of rotatable bonds is 3. The molecule has 5 atom stereocenters. The number of carbonyl (C=O) groups is 1. The number of piperazine rings is 1. The van der Waals surface area contributed by atoms with Gasteiger partial charge in [-0.15, -0.1) is 0 Å². The maximum Gasteiger partial charge on any atom is 0.315 e. The quantitative estimate of drug-likeness (QED) is 0.561. The number of carbonyl (C=O) groups excluding carboxylic acids is 1. The average Bonchev–Trinajstić information content (AvgIpc) is 2.88. The zero-order valence-electron chi connectivity index (χ0n) is 16.1. The summed E-state index contributed by atoms with van der Waals surface area (Å²) in [4.78, 5) is 16.0. The molecule has 140 valence electrons. The Morgan fingerprint density at radius 3 is 2.68 bits per heavy atom. The molecule has 2 saturated carbocycles. The number of allylic oxidation sites excluding steroid dienone is 1. The van der Waals surface area contributed by atoms with Crippen molar-refractivity contribution >= 4 is 5.97 Å². The second kappa shape index (κ2) is 6.70. The van der Waals surface area contributed by atoms with Crippen LogP contribution in [0.15, 0.2) is 12.2 Å². The van der Waals surface area contributed by atoms with Gasteiger partial charge in [0.05, 0.1) is 13.1 Å². The lowest BCUT2D eigenvalue weighted by atomic mass is 9.55. The summed E-state index contributed by atoms with van der Waals surface area (Å²) < 4.78 is 5.92. The van der Waals surface area contributed by atoms with Gasteiger partial charge in [0.25, 0.3) is 0 Å². The van der Waals surface area contributed by atoms with Crippen LogP contribution in [0, 0.1) is 23.2 Å². The summed E-state index contributed by atoms with van der Waals surface area (Å²) in [6.45, 7) is 16.2. The van der Waals surface area contributed by atoms with Crippen molar-refractivity contribution in [3.8, 4) is 0 Å². The van der Waals surface area contributed by atoms with Gasteiger partial charge < -0.3 is 14.5 Å². The first-order valence-electron chi connectivity index (χ1n) is 10.6. The van der Waals surface area contributed by atoms with Crippen LogP contribution < -0.4 is 9.80 Å². The Balaban J connectivity index is 1.44. The third kappa shape index (κ3) is 3.16. The molecule has 4 aliphatic rings. The largest absolute Gasteiger partial charge is 0.462 e. The Bertz CT molecular complexity index is 540. The number of fused-ring (bicyclic) bond motifs is 2. The standard InChI is InChI=1S/C21H34N2O2/c1-4-22-8-10-23(11-9-22)14-17-16-12-18-15(2)6-5-7-21(18,3)13-19(16)25-20(17)24/h16-19H,2,4-14H2,1,3H3/p+2/t16-,17+,18+,19+,21+/m1/s1. The molecular weight excluding hydrogens is 312 g/mol. The first-order valence-corrected chi connectivity index (χ1v) is 10.6. The summed E-state index contributed by atoms with van der Waals surface area (Å²) in [5, 5.41) is 0. The molecule has 4 fully saturated rings. The van der Waals surface area contributed by atoms with Crippen LogP contribution in [0.1, 0.15) is 46.0 Å². The van der Waals surface area contributed by atoms with Crippen molar-refractivity contribution in [3.05, 3.63) is 12.2 Å². The zero-order valence-corrected chi connectivity index (χ0v) is 16.1. The third-order valence-corrected chi connectivity index (χ3v) is 7.99. The van der Waals surface area contributed by atoms with Gasteiger partial charge in [-0.05, 0) is 50.4 Å². The first-order chi connectivity index (χ1) is 12.0. The highest BCUT2D eigenvalue weighted by molar-refractivity contribution is 5.75. The van der Waals surface area contributed by atoms with Gasteiger partial charge in [0, 0.05) is 5.92 Å². The smallest absolute Gasteiger partial charge is 0.315 e. The molecule has 0 aromatic rings. The van der Waals surface area contributed by atoms with Crippen molar-refractivity contribution < 1.29 is 19.3 Å². The van der Waals surface area contributed by atoms with Gasteiger partial charge >= 0.3 is 5.97 Å². The molecule has 4 heteroatoms. The predicted octanol–water partition coefficient (Wildman–Crippen LogP) is 0.104. The Morgan fingerprint density at radius 2 is 1.96 bits per heavy atom. The summed E-state index contributed by atoms with van der Waals surface area (Å²) in [6.07, 6.45) is 6.09. The third-order valence-electron chi connectivity index (χ3n) is 7.99. The van der Waals surface area contributed by atoms with Crippen LogP contribution in [-0.4, -0.2) is 51.3 Å². The molecule has 4 nitrogen and oxygen atoms in total. The lowest BCUT2D eigenvalue weighted by Gasteiger charge is -2.50. The average molecular weight is 349 g/mol. The maximum absolute atomic E-state index is 12.7. The summed E-state index contributed by atoms with van der Waals surface area (Å²) in [6, 6.07) is 0. The Morgan fingerprint density at radius 1 is 1.24 bits per heavy atom. The van der Waals surface area contributed by atoms with Crippen molar-refractivity contribution in [2.24, 2.45) is 23.2 Å². The molecule has 0 spiro atoms. The number of quaternary nitrogens is 2. The number of ether oxygens (including phenoxy) is 1. The van der Waals surface area contributed by atoms with Gasteiger partial charge in [-0.2, -0.15) is 0 Å². The van der Waals surface area contributed by atoms with E-state index in [9.17, 15) is 4.79 Å². The Kier molecular flexibility index (Phi) is 4.70. The molecule has 0 aromatic carbocycles. The predicted molar refractivity (Wildman–Crippen MR) is 97.5 cm³/mol. The van der Waals surface area contributed by atoms with Gasteiger partial charge in [-0.1, -0.05) is 19.1 Å². The lowest BCUT2D eigenvalue weighted by molar-refractivity contribution is -1.01. The van der Waals surface area contributed by atoms with Crippen molar-refractivity contribution in [1.29, 1.82) is 0 Å².